The van der Waals surface area contributed by atoms with E-state index in [1.165, 1.54) is 12.0 Å². The Hall–Kier alpha value is -1.10. The summed E-state index contributed by atoms with van der Waals surface area (Å²) in [6, 6.07) is 8.84. The lowest BCUT2D eigenvalue weighted by molar-refractivity contribution is 0.0421. The second kappa shape index (κ2) is 6.57. The molecule has 1 aliphatic heterocycles. The fourth-order valence-electron chi connectivity index (χ4n) is 4.10. The third-order valence-corrected chi connectivity index (χ3v) is 5.54. The molecule has 0 radical (unpaired) electrons. The van der Waals surface area contributed by atoms with Crippen molar-refractivity contribution in [3.63, 3.8) is 0 Å². The number of benzene rings is 1. The fraction of sp³-hybridized carbons (Fsp3) is 0.667. The molecule has 2 fully saturated rings. The van der Waals surface area contributed by atoms with Crippen LogP contribution in [0.15, 0.2) is 24.3 Å². The largest absolute Gasteiger partial charge is 0.497 e. The molecule has 2 aliphatic rings. The molecule has 5 atom stereocenters. The monoisotopic (exact) mass is 304 g/mol. The summed E-state index contributed by atoms with van der Waals surface area (Å²) >= 11 is 0. The second-order valence-electron chi connectivity index (χ2n) is 7.01. The summed E-state index contributed by atoms with van der Waals surface area (Å²) in [5, 5.41) is 10.3. The fourth-order valence-corrected chi connectivity index (χ4v) is 4.10. The van der Waals surface area contributed by atoms with Crippen molar-refractivity contribution in [2.24, 2.45) is 11.7 Å². The summed E-state index contributed by atoms with van der Waals surface area (Å²) in [5.74, 6) is 2.09. The highest BCUT2D eigenvalue weighted by atomic mass is 16.5. The Kier molecular flexibility index (Phi) is 4.71. The van der Waals surface area contributed by atoms with Gasteiger partial charge in [-0.15, -0.1) is 0 Å². The maximum atomic E-state index is 10.3. The van der Waals surface area contributed by atoms with E-state index in [1.807, 2.05) is 12.1 Å². The highest BCUT2D eigenvalue weighted by Crippen LogP contribution is 2.36. The topological polar surface area (TPSA) is 58.7 Å². The minimum absolute atomic E-state index is 0.152. The van der Waals surface area contributed by atoms with Crippen molar-refractivity contribution in [2.45, 2.75) is 50.3 Å². The van der Waals surface area contributed by atoms with Gasteiger partial charge in [-0.05, 0) is 55.3 Å². The van der Waals surface area contributed by atoms with Gasteiger partial charge < -0.3 is 15.6 Å². The van der Waals surface area contributed by atoms with Crippen molar-refractivity contribution >= 4 is 0 Å². The van der Waals surface area contributed by atoms with Crippen LogP contribution < -0.4 is 10.5 Å². The van der Waals surface area contributed by atoms with Crippen molar-refractivity contribution in [3.8, 4) is 5.75 Å². The number of aliphatic hydroxyl groups is 1. The first-order valence-corrected chi connectivity index (χ1v) is 8.40. The first-order valence-electron chi connectivity index (χ1n) is 8.40. The summed E-state index contributed by atoms with van der Waals surface area (Å²) in [5.41, 5.74) is 7.40. The number of rotatable bonds is 3. The van der Waals surface area contributed by atoms with Crippen LogP contribution in [0.1, 0.15) is 37.7 Å². The number of methoxy groups -OCH3 is 1. The second-order valence-corrected chi connectivity index (χ2v) is 7.01. The molecular formula is C18H28N2O2. The Labute approximate surface area is 133 Å². The van der Waals surface area contributed by atoms with Crippen molar-refractivity contribution in [2.75, 3.05) is 20.2 Å². The quantitative estimate of drug-likeness (QED) is 0.896. The molecule has 1 heterocycles. The van der Waals surface area contributed by atoms with Crippen molar-refractivity contribution in [1.29, 1.82) is 0 Å². The van der Waals surface area contributed by atoms with Gasteiger partial charge in [-0.2, -0.15) is 0 Å². The number of ether oxygens (including phenoxy) is 1. The first kappa shape index (κ1) is 15.8. The van der Waals surface area contributed by atoms with Crippen molar-refractivity contribution < 1.29 is 9.84 Å². The molecule has 0 aromatic heterocycles. The van der Waals surface area contributed by atoms with E-state index in [0.717, 1.165) is 31.7 Å². The molecule has 3 N–H and O–H groups in total. The van der Waals surface area contributed by atoms with Gasteiger partial charge in [-0.1, -0.05) is 19.1 Å². The van der Waals surface area contributed by atoms with Gasteiger partial charge in [0.05, 0.1) is 13.2 Å². The summed E-state index contributed by atoms with van der Waals surface area (Å²) in [4.78, 5) is 2.46. The smallest absolute Gasteiger partial charge is 0.118 e. The molecular weight excluding hydrogens is 276 g/mol. The van der Waals surface area contributed by atoms with E-state index in [9.17, 15) is 5.11 Å². The average Bonchev–Trinajstić information content (AvgIpc) is 2.86. The molecule has 4 heteroatoms. The molecule has 1 aromatic rings. The Morgan fingerprint density at radius 2 is 1.95 bits per heavy atom. The van der Waals surface area contributed by atoms with Crippen LogP contribution in [0.5, 0.6) is 5.75 Å². The van der Waals surface area contributed by atoms with Crippen LogP contribution in [-0.2, 0) is 0 Å². The Morgan fingerprint density at radius 3 is 2.55 bits per heavy atom. The van der Waals surface area contributed by atoms with Gasteiger partial charge in [0, 0.05) is 18.6 Å². The summed E-state index contributed by atoms with van der Waals surface area (Å²) in [6.45, 7) is 4.42. The molecule has 122 valence electrons. The van der Waals surface area contributed by atoms with Gasteiger partial charge in [0.1, 0.15) is 5.75 Å². The van der Waals surface area contributed by atoms with Gasteiger partial charge in [-0.25, -0.2) is 0 Å². The first-order chi connectivity index (χ1) is 10.6. The molecule has 1 saturated carbocycles. The molecule has 1 aromatic carbocycles. The van der Waals surface area contributed by atoms with E-state index < -0.39 is 0 Å². The minimum Gasteiger partial charge on any atom is -0.497 e. The van der Waals surface area contributed by atoms with Crippen LogP contribution >= 0.6 is 0 Å². The molecule has 1 saturated heterocycles. The number of nitrogens with two attached hydrogens (primary N) is 1. The van der Waals surface area contributed by atoms with Crippen LogP contribution in [0.2, 0.25) is 0 Å². The number of likely N-dealkylation sites (tertiary alicyclic amines) is 1. The van der Waals surface area contributed by atoms with Gasteiger partial charge in [0.25, 0.3) is 0 Å². The lowest BCUT2D eigenvalue weighted by atomic mass is 9.81. The number of hydrogen-bond donors (Lipinski definition) is 2. The van der Waals surface area contributed by atoms with E-state index in [-0.39, 0.29) is 18.2 Å². The molecule has 4 nitrogen and oxygen atoms in total. The van der Waals surface area contributed by atoms with Gasteiger partial charge in [-0.3, -0.25) is 4.90 Å². The predicted molar refractivity (Wildman–Crippen MR) is 88.1 cm³/mol. The highest BCUT2D eigenvalue weighted by molar-refractivity contribution is 5.30. The predicted octanol–water partition coefficient (Wildman–Crippen LogP) is 1.97. The average molecular weight is 304 g/mol. The maximum Gasteiger partial charge on any atom is 0.118 e. The number of piperidine rings is 1. The number of hydrogen-bond acceptors (Lipinski definition) is 4. The molecule has 1 aliphatic carbocycles. The minimum atomic E-state index is -0.264. The van der Waals surface area contributed by atoms with Gasteiger partial charge in [0.15, 0.2) is 0 Å². The Bertz CT molecular complexity index is 490. The Balaban J connectivity index is 1.73. The molecule has 3 rings (SSSR count). The van der Waals surface area contributed by atoms with Crippen LogP contribution in [0.4, 0.5) is 0 Å². The molecule has 22 heavy (non-hydrogen) atoms. The zero-order valence-electron chi connectivity index (χ0n) is 13.6. The lowest BCUT2D eigenvalue weighted by Gasteiger charge is -2.41. The van der Waals surface area contributed by atoms with E-state index in [1.54, 1.807) is 7.11 Å². The maximum absolute atomic E-state index is 10.3. The third kappa shape index (κ3) is 3.14. The Morgan fingerprint density at radius 1 is 1.23 bits per heavy atom. The van der Waals surface area contributed by atoms with E-state index in [4.69, 9.17) is 10.5 Å². The summed E-state index contributed by atoms with van der Waals surface area (Å²) < 4.78 is 5.25. The summed E-state index contributed by atoms with van der Waals surface area (Å²) in [6.07, 6.45) is 2.57. The van der Waals surface area contributed by atoms with Crippen LogP contribution in [0, 0.1) is 5.92 Å². The van der Waals surface area contributed by atoms with Gasteiger partial charge >= 0.3 is 0 Å². The van der Waals surface area contributed by atoms with Crippen LogP contribution in [-0.4, -0.2) is 48.4 Å². The third-order valence-electron chi connectivity index (χ3n) is 5.54. The molecule has 2 unspecified atom stereocenters. The summed E-state index contributed by atoms with van der Waals surface area (Å²) in [7, 11) is 1.70. The van der Waals surface area contributed by atoms with E-state index >= 15 is 0 Å². The highest BCUT2D eigenvalue weighted by Gasteiger charge is 2.38. The van der Waals surface area contributed by atoms with E-state index in [0.29, 0.717) is 11.8 Å². The zero-order valence-corrected chi connectivity index (χ0v) is 13.6. The normalized spacial score (nSPS) is 36.5. The zero-order chi connectivity index (χ0) is 15.7. The van der Waals surface area contributed by atoms with Gasteiger partial charge in [0.2, 0.25) is 0 Å². The lowest BCUT2D eigenvalue weighted by Crippen LogP contribution is -2.47. The van der Waals surface area contributed by atoms with Crippen molar-refractivity contribution in [3.05, 3.63) is 29.8 Å². The van der Waals surface area contributed by atoms with E-state index in [2.05, 4.69) is 24.0 Å². The standard InChI is InChI=1S/C18H28N2O2/c1-12-7-8-20(17-9-14(19)10-18(17)21)11-16(12)13-3-5-15(22-2)6-4-13/h3-6,12,14,16-18,21H,7-11,19H2,1-2H3/t12?,14-,16?,17-,18-/m0/s1. The van der Waals surface area contributed by atoms with Crippen molar-refractivity contribution in [1.82, 2.24) is 4.90 Å². The molecule has 0 bridgehead atoms. The SMILES string of the molecule is COc1ccc(C2CN([C@H]3C[C@H](N)C[C@@H]3O)CCC2C)cc1. The molecule has 0 amide bonds. The van der Waals surface area contributed by atoms with Crippen LogP contribution in [0.25, 0.3) is 0 Å². The number of aliphatic hydroxyl groups excluding tert-OH is 1. The molecule has 0 spiro atoms. The van der Waals surface area contributed by atoms with Crippen LogP contribution in [0.3, 0.4) is 0 Å². The number of nitrogens with zero attached hydrogens (tertiary/aromatic N) is 1.